The third kappa shape index (κ3) is 4.96. The van der Waals surface area contributed by atoms with Gasteiger partial charge in [0.2, 0.25) is 5.91 Å². The number of hydrogen-bond acceptors (Lipinski definition) is 3. The molecular formula is C22H21ClN2O3S. The first-order valence-electron chi connectivity index (χ1n) is 9.13. The molecule has 0 heterocycles. The lowest BCUT2D eigenvalue weighted by Crippen LogP contribution is -2.31. The topological polar surface area (TPSA) is 66.5 Å². The zero-order chi connectivity index (χ0) is 20.9. The van der Waals surface area contributed by atoms with Gasteiger partial charge in [0.05, 0.1) is 17.8 Å². The number of benzene rings is 3. The van der Waals surface area contributed by atoms with Gasteiger partial charge < -0.3 is 5.32 Å². The highest BCUT2D eigenvalue weighted by Crippen LogP contribution is 2.28. The molecule has 1 N–H and O–H groups in total. The largest absolute Gasteiger partial charge is 0.325 e. The van der Waals surface area contributed by atoms with E-state index in [1.165, 1.54) is 10.4 Å². The van der Waals surface area contributed by atoms with E-state index >= 15 is 0 Å². The number of nitrogens with one attached hydrogen (secondary N) is 1. The van der Waals surface area contributed by atoms with Crippen LogP contribution in [0.25, 0.3) is 0 Å². The molecule has 150 valence electrons. The van der Waals surface area contributed by atoms with E-state index in [1.807, 2.05) is 6.07 Å². The standard InChI is InChI=1S/C22H21ClN2O3S/c1-2-25(19-8-4-3-5-9-19)29(27,28)21-11-7-6-10-20(21)24-22(26)16-17-12-14-18(23)15-13-17/h3-15H,2,16H2,1H3,(H,24,26). The van der Waals surface area contributed by atoms with Gasteiger partial charge in [-0.1, -0.05) is 54.1 Å². The molecule has 1 amide bonds. The summed E-state index contributed by atoms with van der Waals surface area (Å²) in [6, 6.07) is 22.2. The first-order valence-corrected chi connectivity index (χ1v) is 10.9. The average molecular weight is 429 g/mol. The van der Waals surface area contributed by atoms with Gasteiger partial charge in [0, 0.05) is 11.6 Å². The van der Waals surface area contributed by atoms with Crippen LogP contribution in [0.15, 0.2) is 83.8 Å². The van der Waals surface area contributed by atoms with Gasteiger partial charge in [0.15, 0.2) is 0 Å². The van der Waals surface area contributed by atoms with E-state index < -0.39 is 10.0 Å². The minimum Gasteiger partial charge on any atom is -0.325 e. The molecule has 0 bridgehead atoms. The Bertz CT molecular complexity index is 1080. The number of para-hydroxylation sites is 2. The fraction of sp³-hybridized carbons (Fsp3) is 0.136. The summed E-state index contributed by atoms with van der Waals surface area (Å²) >= 11 is 5.87. The van der Waals surface area contributed by atoms with Crippen molar-refractivity contribution in [3.05, 3.63) is 89.4 Å². The number of amides is 1. The van der Waals surface area contributed by atoms with Crippen molar-refractivity contribution in [2.45, 2.75) is 18.2 Å². The molecule has 0 fully saturated rings. The first kappa shape index (κ1) is 20.9. The van der Waals surface area contributed by atoms with Gasteiger partial charge in [-0.2, -0.15) is 0 Å². The summed E-state index contributed by atoms with van der Waals surface area (Å²) in [5, 5.41) is 3.32. The number of carbonyl (C=O) groups is 1. The van der Waals surface area contributed by atoms with Crippen LogP contribution >= 0.6 is 11.6 Å². The molecule has 0 unspecified atom stereocenters. The van der Waals surface area contributed by atoms with Crippen molar-refractivity contribution >= 4 is 38.9 Å². The third-order valence-electron chi connectivity index (χ3n) is 4.34. The summed E-state index contributed by atoms with van der Waals surface area (Å²) in [6.45, 7) is 2.03. The van der Waals surface area contributed by atoms with Crippen molar-refractivity contribution < 1.29 is 13.2 Å². The molecule has 0 atom stereocenters. The molecule has 3 aromatic carbocycles. The minimum absolute atomic E-state index is 0.0511. The molecular weight excluding hydrogens is 408 g/mol. The molecule has 3 rings (SSSR count). The molecule has 29 heavy (non-hydrogen) atoms. The van der Waals surface area contributed by atoms with Gasteiger partial charge in [0.25, 0.3) is 10.0 Å². The highest BCUT2D eigenvalue weighted by molar-refractivity contribution is 7.93. The van der Waals surface area contributed by atoms with Crippen molar-refractivity contribution in [3.8, 4) is 0 Å². The Morgan fingerprint density at radius 2 is 1.55 bits per heavy atom. The fourth-order valence-electron chi connectivity index (χ4n) is 2.98. The van der Waals surface area contributed by atoms with Gasteiger partial charge >= 0.3 is 0 Å². The Labute approximate surface area is 176 Å². The lowest BCUT2D eigenvalue weighted by atomic mass is 10.1. The van der Waals surface area contributed by atoms with Gasteiger partial charge in [-0.15, -0.1) is 0 Å². The molecule has 0 saturated carbocycles. The van der Waals surface area contributed by atoms with E-state index in [1.54, 1.807) is 73.7 Å². The smallest absolute Gasteiger partial charge is 0.266 e. The van der Waals surface area contributed by atoms with E-state index in [9.17, 15) is 13.2 Å². The summed E-state index contributed by atoms with van der Waals surface area (Å²) in [5.41, 5.74) is 1.60. The normalized spacial score (nSPS) is 11.1. The van der Waals surface area contributed by atoms with Gasteiger partial charge in [-0.25, -0.2) is 8.42 Å². The molecule has 0 aliphatic carbocycles. The summed E-state index contributed by atoms with van der Waals surface area (Å²) in [5.74, 6) is -0.308. The minimum atomic E-state index is -3.86. The lowest BCUT2D eigenvalue weighted by Gasteiger charge is -2.24. The van der Waals surface area contributed by atoms with Gasteiger partial charge in [-0.05, 0) is 48.9 Å². The summed E-state index contributed by atoms with van der Waals surface area (Å²) in [4.78, 5) is 12.6. The molecule has 0 radical (unpaired) electrons. The van der Waals surface area contributed by atoms with E-state index in [0.717, 1.165) is 5.56 Å². The summed E-state index contributed by atoms with van der Waals surface area (Å²) in [6.07, 6.45) is 0.113. The van der Waals surface area contributed by atoms with E-state index in [2.05, 4.69) is 5.32 Å². The average Bonchev–Trinajstić information content (AvgIpc) is 2.71. The number of halogens is 1. The highest BCUT2D eigenvalue weighted by Gasteiger charge is 2.26. The second-order valence-electron chi connectivity index (χ2n) is 6.35. The van der Waals surface area contributed by atoms with Crippen LogP contribution in [-0.4, -0.2) is 20.9 Å². The van der Waals surface area contributed by atoms with Crippen LogP contribution in [0.1, 0.15) is 12.5 Å². The van der Waals surface area contributed by atoms with E-state index in [0.29, 0.717) is 10.7 Å². The summed E-state index contributed by atoms with van der Waals surface area (Å²) in [7, 11) is -3.86. The van der Waals surface area contributed by atoms with Crippen LogP contribution in [0.4, 0.5) is 11.4 Å². The molecule has 3 aromatic rings. The molecule has 0 aliphatic rings. The predicted octanol–water partition coefficient (Wildman–Crippen LogP) is 4.74. The summed E-state index contributed by atoms with van der Waals surface area (Å²) < 4.78 is 28.0. The Hall–Kier alpha value is -2.83. The van der Waals surface area contributed by atoms with Crippen molar-refractivity contribution in [1.29, 1.82) is 0 Å². The number of rotatable bonds is 7. The second-order valence-corrected chi connectivity index (χ2v) is 8.62. The van der Waals surface area contributed by atoms with Crippen LogP contribution in [0, 0.1) is 0 Å². The number of anilines is 2. The molecule has 0 spiro atoms. The molecule has 0 aromatic heterocycles. The lowest BCUT2D eigenvalue weighted by molar-refractivity contribution is -0.115. The number of sulfonamides is 1. The Balaban J connectivity index is 1.87. The van der Waals surface area contributed by atoms with Crippen molar-refractivity contribution in [3.63, 3.8) is 0 Å². The molecule has 7 heteroatoms. The first-order chi connectivity index (χ1) is 13.9. The Kier molecular flexibility index (Phi) is 6.56. The van der Waals surface area contributed by atoms with Crippen LogP contribution in [0.2, 0.25) is 5.02 Å². The SMILES string of the molecule is CCN(c1ccccc1)S(=O)(=O)c1ccccc1NC(=O)Cc1ccc(Cl)cc1. The molecule has 0 aliphatic heterocycles. The Morgan fingerprint density at radius 1 is 0.931 bits per heavy atom. The van der Waals surface area contributed by atoms with E-state index in [-0.39, 0.29) is 29.5 Å². The highest BCUT2D eigenvalue weighted by atomic mass is 35.5. The maximum Gasteiger partial charge on any atom is 0.266 e. The number of carbonyl (C=O) groups excluding carboxylic acids is 1. The van der Waals surface area contributed by atoms with Crippen LogP contribution in [0.3, 0.4) is 0 Å². The third-order valence-corrected chi connectivity index (χ3v) is 6.55. The monoisotopic (exact) mass is 428 g/mol. The van der Waals surface area contributed by atoms with Crippen molar-refractivity contribution in [2.75, 3.05) is 16.2 Å². The van der Waals surface area contributed by atoms with Crippen LogP contribution < -0.4 is 9.62 Å². The number of nitrogens with zero attached hydrogens (tertiary/aromatic N) is 1. The maximum atomic E-state index is 13.3. The van der Waals surface area contributed by atoms with Crippen LogP contribution in [0.5, 0.6) is 0 Å². The predicted molar refractivity (Wildman–Crippen MR) is 117 cm³/mol. The zero-order valence-electron chi connectivity index (χ0n) is 15.9. The number of hydrogen-bond donors (Lipinski definition) is 1. The van der Waals surface area contributed by atoms with E-state index in [4.69, 9.17) is 11.6 Å². The van der Waals surface area contributed by atoms with Crippen molar-refractivity contribution in [1.82, 2.24) is 0 Å². The fourth-order valence-corrected chi connectivity index (χ4v) is 4.73. The zero-order valence-corrected chi connectivity index (χ0v) is 17.5. The van der Waals surface area contributed by atoms with Crippen LogP contribution in [-0.2, 0) is 21.2 Å². The maximum absolute atomic E-state index is 13.3. The van der Waals surface area contributed by atoms with Crippen molar-refractivity contribution in [2.24, 2.45) is 0 Å². The van der Waals surface area contributed by atoms with Gasteiger partial charge in [-0.3, -0.25) is 9.10 Å². The molecule has 5 nitrogen and oxygen atoms in total. The molecule has 0 saturated heterocycles. The quantitative estimate of drug-likeness (QED) is 0.591. The Morgan fingerprint density at radius 3 is 2.21 bits per heavy atom. The second kappa shape index (κ2) is 9.11. The van der Waals surface area contributed by atoms with Gasteiger partial charge in [0.1, 0.15) is 4.90 Å².